The van der Waals surface area contributed by atoms with E-state index in [2.05, 4.69) is 0 Å². The Kier molecular flexibility index (Phi) is 4.87. The second kappa shape index (κ2) is 6.96. The number of imide groups is 1. The van der Waals surface area contributed by atoms with Crippen molar-refractivity contribution in [3.63, 3.8) is 0 Å². The van der Waals surface area contributed by atoms with E-state index in [9.17, 15) is 14.4 Å². The Bertz CT molecular complexity index is 939. The molecule has 1 aliphatic rings. The number of ketones is 1. The van der Waals surface area contributed by atoms with Crippen molar-refractivity contribution in [1.29, 1.82) is 0 Å². The lowest BCUT2D eigenvalue weighted by atomic mass is 10.1. The number of hydrogen-bond acceptors (Lipinski definition) is 4. The summed E-state index contributed by atoms with van der Waals surface area (Å²) in [5.41, 5.74) is 4.53. The van der Waals surface area contributed by atoms with Gasteiger partial charge in [0.2, 0.25) is 0 Å². The second-order valence-corrected chi connectivity index (χ2v) is 7.44. The molecule has 1 fully saturated rings. The Morgan fingerprint density at radius 1 is 1.12 bits per heavy atom. The Hall–Kier alpha value is -2.60. The van der Waals surface area contributed by atoms with Gasteiger partial charge >= 0.3 is 0 Å². The average molecular weight is 368 g/mol. The summed E-state index contributed by atoms with van der Waals surface area (Å²) < 4.78 is 2.02. The van der Waals surface area contributed by atoms with Crippen molar-refractivity contribution in [3.8, 4) is 0 Å². The van der Waals surface area contributed by atoms with Crippen LogP contribution in [0.15, 0.2) is 35.2 Å². The minimum absolute atomic E-state index is 0.238. The molecule has 0 aliphatic carbocycles. The van der Waals surface area contributed by atoms with E-state index in [1.54, 1.807) is 18.2 Å². The van der Waals surface area contributed by atoms with Crippen LogP contribution in [0.5, 0.6) is 0 Å². The van der Waals surface area contributed by atoms with E-state index in [1.807, 2.05) is 50.6 Å². The zero-order valence-electron chi connectivity index (χ0n) is 15.2. The van der Waals surface area contributed by atoms with Crippen LogP contribution in [0.3, 0.4) is 0 Å². The van der Waals surface area contributed by atoms with Gasteiger partial charge in [-0.3, -0.25) is 19.3 Å². The number of nitrogens with zero attached hydrogens (tertiary/aromatic N) is 2. The molecular formula is C20H20N2O3S. The zero-order valence-corrected chi connectivity index (χ0v) is 16.0. The van der Waals surface area contributed by atoms with Crippen molar-refractivity contribution in [2.75, 3.05) is 6.54 Å². The maximum atomic E-state index is 12.6. The van der Waals surface area contributed by atoms with E-state index in [4.69, 9.17) is 0 Å². The lowest BCUT2D eigenvalue weighted by molar-refractivity contribution is -0.122. The molecule has 134 valence electrons. The Morgan fingerprint density at radius 2 is 1.77 bits per heavy atom. The summed E-state index contributed by atoms with van der Waals surface area (Å²) in [6, 6.07) is 9.06. The van der Waals surface area contributed by atoms with Gasteiger partial charge in [-0.05, 0) is 50.2 Å². The highest BCUT2D eigenvalue weighted by atomic mass is 32.2. The van der Waals surface area contributed by atoms with Crippen molar-refractivity contribution in [1.82, 2.24) is 9.47 Å². The van der Waals surface area contributed by atoms with E-state index in [-0.39, 0.29) is 12.3 Å². The fraction of sp³-hybridized carbons (Fsp3) is 0.250. The van der Waals surface area contributed by atoms with Gasteiger partial charge in [-0.15, -0.1) is 0 Å². The van der Waals surface area contributed by atoms with Gasteiger partial charge in [0.25, 0.3) is 11.1 Å². The van der Waals surface area contributed by atoms with Crippen LogP contribution in [-0.4, -0.2) is 32.9 Å². The zero-order chi connectivity index (χ0) is 19.0. The van der Waals surface area contributed by atoms with Gasteiger partial charge in [-0.25, -0.2) is 0 Å². The fourth-order valence-electron chi connectivity index (χ4n) is 2.78. The SMILES string of the molecule is Cc1ccc(C(=O)CN2C(=O)S/C(=C\c3cc(C)n(C)c3C)C2=O)cc1. The molecule has 3 rings (SSSR count). The van der Waals surface area contributed by atoms with Gasteiger partial charge in [-0.1, -0.05) is 29.8 Å². The third-order valence-electron chi connectivity index (χ3n) is 4.65. The molecule has 0 radical (unpaired) electrons. The van der Waals surface area contributed by atoms with Crippen LogP contribution in [0.4, 0.5) is 4.79 Å². The highest BCUT2D eigenvalue weighted by Crippen LogP contribution is 2.33. The molecule has 0 unspecified atom stereocenters. The van der Waals surface area contributed by atoms with Crippen LogP contribution in [0.2, 0.25) is 0 Å². The topological polar surface area (TPSA) is 59.4 Å². The summed E-state index contributed by atoms with van der Waals surface area (Å²) in [7, 11) is 1.95. The summed E-state index contributed by atoms with van der Waals surface area (Å²) in [4.78, 5) is 38.6. The molecule has 1 aliphatic heterocycles. The summed E-state index contributed by atoms with van der Waals surface area (Å²) in [6.07, 6.45) is 1.73. The first-order valence-corrected chi connectivity index (χ1v) is 9.07. The van der Waals surface area contributed by atoms with Gasteiger partial charge in [0.1, 0.15) is 0 Å². The summed E-state index contributed by atoms with van der Waals surface area (Å²) >= 11 is 0.877. The number of amides is 2. The van der Waals surface area contributed by atoms with E-state index >= 15 is 0 Å². The number of Topliss-reactive ketones (excluding diaryl/α,β-unsaturated/α-hetero) is 1. The van der Waals surface area contributed by atoms with Crippen molar-refractivity contribution < 1.29 is 14.4 Å². The summed E-state index contributed by atoms with van der Waals surface area (Å²) in [5, 5.41) is -0.410. The molecule has 2 amide bonds. The van der Waals surface area contributed by atoms with Crippen molar-refractivity contribution in [2.45, 2.75) is 20.8 Å². The minimum atomic E-state index is -0.415. The lowest BCUT2D eigenvalue weighted by Crippen LogP contribution is -2.33. The molecular weight excluding hydrogens is 348 g/mol. The van der Waals surface area contributed by atoms with Gasteiger partial charge in [0.05, 0.1) is 11.4 Å². The molecule has 2 heterocycles. The summed E-state index contributed by atoms with van der Waals surface area (Å²) in [5.74, 6) is -0.665. The molecule has 2 aromatic rings. The first-order chi connectivity index (χ1) is 12.3. The van der Waals surface area contributed by atoms with Crippen LogP contribution in [-0.2, 0) is 11.8 Å². The number of thioether (sulfide) groups is 1. The Morgan fingerprint density at radius 3 is 2.35 bits per heavy atom. The minimum Gasteiger partial charge on any atom is -0.352 e. The lowest BCUT2D eigenvalue weighted by Gasteiger charge is -2.11. The number of carbonyl (C=O) groups excluding carboxylic acids is 3. The fourth-order valence-corrected chi connectivity index (χ4v) is 3.61. The largest absolute Gasteiger partial charge is 0.352 e. The molecule has 1 aromatic heterocycles. The predicted molar refractivity (Wildman–Crippen MR) is 103 cm³/mol. The molecule has 0 atom stereocenters. The molecule has 0 spiro atoms. The van der Waals surface area contributed by atoms with E-state index in [0.29, 0.717) is 10.5 Å². The average Bonchev–Trinajstić information content (AvgIpc) is 3.00. The monoisotopic (exact) mass is 368 g/mol. The molecule has 0 saturated carbocycles. The number of carbonyl (C=O) groups is 3. The van der Waals surface area contributed by atoms with E-state index in [0.717, 1.165) is 39.2 Å². The highest BCUT2D eigenvalue weighted by Gasteiger charge is 2.36. The normalized spacial score (nSPS) is 16.0. The van der Waals surface area contributed by atoms with Crippen LogP contribution >= 0.6 is 11.8 Å². The van der Waals surface area contributed by atoms with Gasteiger partial charge in [-0.2, -0.15) is 0 Å². The number of rotatable bonds is 4. The molecule has 1 saturated heterocycles. The third-order valence-corrected chi connectivity index (χ3v) is 5.56. The van der Waals surface area contributed by atoms with Crippen molar-refractivity contribution in [2.24, 2.45) is 7.05 Å². The number of aromatic nitrogens is 1. The number of aryl methyl sites for hydroxylation is 2. The Labute approximate surface area is 156 Å². The molecule has 0 N–H and O–H groups in total. The predicted octanol–water partition coefficient (Wildman–Crippen LogP) is 3.87. The van der Waals surface area contributed by atoms with Gasteiger partial charge in [0, 0.05) is 24.0 Å². The Balaban J connectivity index is 1.80. The van der Waals surface area contributed by atoms with E-state index in [1.165, 1.54) is 0 Å². The third kappa shape index (κ3) is 3.37. The summed E-state index contributed by atoms with van der Waals surface area (Å²) in [6.45, 7) is 5.64. The molecule has 6 heteroatoms. The smallest absolute Gasteiger partial charge is 0.293 e. The van der Waals surface area contributed by atoms with Crippen LogP contribution in [0.1, 0.15) is 32.9 Å². The standard InChI is InChI=1S/C20H20N2O3S/c1-12-5-7-15(8-6-12)17(23)11-22-19(24)18(26-20(22)25)10-16-9-13(2)21(4)14(16)3/h5-10H,11H2,1-4H3/b18-10-. The molecule has 0 bridgehead atoms. The van der Waals surface area contributed by atoms with Crippen molar-refractivity contribution >= 4 is 34.8 Å². The first kappa shape index (κ1) is 18.2. The van der Waals surface area contributed by atoms with Gasteiger partial charge < -0.3 is 4.57 Å². The first-order valence-electron chi connectivity index (χ1n) is 8.26. The van der Waals surface area contributed by atoms with Crippen LogP contribution in [0.25, 0.3) is 6.08 Å². The number of hydrogen-bond donors (Lipinski definition) is 0. The van der Waals surface area contributed by atoms with Crippen molar-refractivity contribution in [3.05, 3.63) is 63.3 Å². The molecule has 1 aromatic carbocycles. The molecule has 26 heavy (non-hydrogen) atoms. The second-order valence-electron chi connectivity index (χ2n) is 6.44. The van der Waals surface area contributed by atoms with Crippen LogP contribution in [0, 0.1) is 20.8 Å². The van der Waals surface area contributed by atoms with Gasteiger partial charge in [0.15, 0.2) is 5.78 Å². The van der Waals surface area contributed by atoms with E-state index < -0.39 is 11.1 Å². The van der Waals surface area contributed by atoms with Crippen LogP contribution < -0.4 is 0 Å². The molecule has 5 nitrogen and oxygen atoms in total. The maximum Gasteiger partial charge on any atom is 0.293 e. The quantitative estimate of drug-likeness (QED) is 0.607. The number of benzene rings is 1. The highest BCUT2D eigenvalue weighted by molar-refractivity contribution is 8.18. The maximum absolute atomic E-state index is 12.6.